The second-order valence-electron chi connectivity index (χ2n) is 6.09. The number of nitrogens with two attached hydrogens (primary N) is 1. The van der Waals surface area contributed by atoms with E-state index in [-0.39, 0.29) is 36.2 Å². The van der Waals surface area contributed by atoms with Crippen molar-refractivity contribution in [3.63, 3.8) is 0 Å². The molecular weight excluding hydrogens is 318 g/mol. The molecule has 0 saturated carbocycles. The third-order valence-corrected chi connectivity index (χ3v) is 4.33. The van der Waals surface area contributed by atoms with Crippen molar-refractivity contribution in [3.05, 3.63) is 23.2 Å². The van der Waals surface area contributed by atoms with Crippen LogP contribution >= 0.6 is 12.4 Å². The van der Waals surface area contributed by atoms with Crippen LogP contribution in [0.1, 0.15) is 35.7 Å². The van der Waals surface area contributed by atoms with Gasteiger partial charge in [-0.3, -0.25) is 9.59 Å². The van der Waals surface area contributed by atoms with Crippen molar-refractivity contribution in [2.45, 2.75) is 33.7 Å². The fourth-order valence-electron chi connectivity index (χ4n) is 2.66. The van der Waals surface area contributed by atoms with Crippen LogP contribution in [0.15, 0.2) is 10.5 Å². The number of aryl methyl sites for hydroxylation is 2. The zero-order chi connectivity index (χ0) is 16.4. The number of carbonyl (C=O) groups excluding carboxylic acids is 2. The van der Waals surface area contributed by atoms with Crippen molar-refractivity contribution in [2.75, 3.05) is 26.2 Å². The van der Waals surface area contributed by atoms with Gasteiger partial charge in [-0.1, -0.05) is 6.92 Å². The lowest BCUT2D eigenvalue weighted by molar-refractivity contribution is -0.137. The molecule has 0 aromatic carbocycles. The maximum atomic E-state index is 12.5. The summed E-state index contributed by atoms with van der Waals surface area (Å²) >= 11 is 0. The zero-order valence-corrected chi connectivity index (χ0v) is 15.0. The summed E-state index contributed by atoms with van der Waals surface area (Å²) in [4.78, 5) is 28.3. The molecule has 1 fully saturated rings. The largest absolute Gasteiger partial charge is 0.466 e. The number of halogens is 1. The highest BCUT2D eigenvalue weighted by atomic mass is 35.5. The molecule has 1 aromatic heterocycles. The van der Waals surface area contributed by atoms with Crippen LogP contribution in [0.2, 0.25) is 0 Å². The SMILES string of the molecule is Cc1cc(C(=O)N2CCN(C(=O)C(C)C(C)N)CC2)c(C)o1.Cl. The van der Waals surface area contributed by atoms with E-state index in [1.165, 1.54) is 0 Å². The maximum absolute atomic E-state index is 12.5. The number of carbonyl (C=O) groups is 2. The Kier molecular flexibility index (Phi) is 6.65. The first kappa shape index (κ1) is 19.5. The van der Waals surface area contributed by atoms with E-state index in [0.717, 1.165) is 5.76 Å². The summed E-state index contributed by atoms with van der Waals surface area (Å²) in [6.45, 7) is 9.50. The molecule has 2 heterocycles. The normalized spacial score (nSPS) is 17.4. The Hall–Kier alpha value is -1.53. The molecule has 0 aliphatic carbocycles. The molecule has 2 atom stereocenters. The Morgan fingerprint density at radius 1 is 1.13 bits per heavy atom. The number of hydrogen-bond acceptors (Lipinski definition) is 4. The second-order valence-corrected chi connectivity index (χ2v) is 6.09. The van der Waals surface area contributed by atoms with Gasteiger partial charge in [0.1, 0.15) is 11.5 Å². The first-order valence-electron chi connectivity index (χ1n) is 7.72. The average Bonchev–Trinajstić information content (AvgIpc) is 2.83. The standard InChI is InChI=1S/C16H25N3O3.ClH/c1-10-9-14(13(4)22-10)16(21)19-7-5-18(6-8-19)15(20)11(2)12(3)17;/h9,11-12H,5-8,17H2,1-4H3;1H. The van der Waals surface area contributed by atoms with Gasteiger partial charge in [0, 0.05) is 32.2 Å². The Balaban J connectivity index is 0.00000264. The predicted octanol–water partition coefficient (Wildman–Crippen LogP) is 1.59. The first-order valence-corrected chi connectivity index (χ1v) is 7.72. The maximum Gasteiger partial charge on any atom is 0.257 e. The van der Waals surface area contributed by atoms with Crippen molar-refractivity contribution < 1.29 is 14.0 Å². The molecule has 2 N–H and O–H groups in total. The van der Waals surface area contributed by atoms with Gasteiger partial charge in [0.15, 0.2) is 0 Å². The number of hydrogen-bond donors (Lipinski definition) is 1. The minimum atomic E-state index is -0.194. The van der Waals surface area contributed by atoms with Crippen molar-refractivity contribution in [1.29, 1.82) is 0 Å². The highest BCUT2D eigenvalue weighted by Crippen LogP contribution is 2.18. The average molecular weight is 344 g/mol. The Morgan fingerprint density at radius 2 is 1.65 bits per heavy atom. The lowest BCUT2D eigenvalue weighted by Crippen LogP contribution is -2.53. The minimum Gasteiger partial charge on any atom is -0.466 e. The predicted molar refractivity (Wildman–Crippen MR) is 90.7 cm³/mol. The van der Waals surface area contributed by atoms with Crippen LogP contribution in [-0.2, 0) is 4.79 Å². The van der Waals surface area contributed by atoms with E-state index in [4.69, 9.17) is 10.2 Å². The number of nitrogens with zero attached hydrogens (tertiary/aromatic N) is 2. The van der Waals surface area contributed by atoms with Gasteiger partial charge in [0.2, 0.25) is 5.91 Å². The first-order chi connectivity index (χ1) is 10.3. The molecule has 6 nitrogen and oxygen atoms in total. The van der Waals surface area contributed by atoms with Crippen LogP contribution in [0, 0.1) is 19.8 Å². The smallest absolute Gasteiger partial charge is 0.257 e. The Labute approximate surface area is 143 Å². The number of piperazine rings is 1. The molecule has 2 rings (SSSR count). The zero-order valence-electron chi connectivity index (χ0n) is 14.2. The van der Waals surface area contributed by atoms with Crippen molar-refractivity contribution in [3.8, 4) is 0 Å². The van der Waals surface area contributed by atoms with E-state index in [2.05, 4.69) is 0 Å². The van der Waals surface area contributed by atoms with Crippen molar-refractivity contribution in [2.24, 2.45) is 11.7 Å². The quantitative estimate of drug-likeness (QED) is 0.903. The molecule has 2 amide bonds. The van der Waals surface area contributed by atoms with Crippen molar-refractivity contribution in [1.82, 2.24) is 9.80 Å². The van der Waals surface area contributed by atoms with E-state index < -0.39 is 0 Å². The highest BCUT2D eigenvalue weighted by molar-refractivity contribution is 5.95. The van der Waals surface area contributed by atoms with Gasteiger partial charge < -0.3 is 20.0 Å². The lowest BCUT2D eigenvalue weighted by atomic mass is 10.0. The number of rotatable bonds is 3. The van der Waals surface area contributed by atoms with Crippen LogP contribution in [-0.4, -0.2) is 53.8 Å². The third kappa shape index (κ3) is 4.26. The fraction of sp³-hybridized carbons (Fsp3) is 0.625. The van der Waals surface area contributed by atoms with Crippen LogP contribution in [0.3, 0.4) is 0 Å². The molecule has 130 valence electrons. The summed E-state index contributed by atoms with van der Waals surface area (Å²) < 4.78 is 5.42. The molecule has 2 unspecified atom stereocenters. The molecule has 1 aliphatic heterocycles. The van der Waals surface area contributed by atoms with E-state index >= 15 is 0 Å². The number of amides is 2. The van der Waals surface area contributed by atoms with Gasteiger partial charge in [-0.05, 0) is 26.8 Å². The second kappa shape index (κ2) is 7.84. The van der Waals surface area contributed by atoms with Crippen molar-refractivity contribution >= 4 is 24.2 Å². The van der Waals surface area contributed by atoms with Gasteiger partial charge in [-0.15, -0.1) is 12.4 Å². The summed E-state index contributed by atoms with van der Waals surface area (Å²) in [6, 6.07) is 1.61. The third-order valence-electron chi connectivity index (χ3n) is 4.33. The molecule has 0 spiro atoms. The summed E-state index contributed by atoms with van der Waals surface area (Å²) in [6.07, 6.45) is 0. The summed E-state index contributed by atoms with van der Waals surface area (Å²) in [5.74, 6) is 1.23. The van der Waals surface area contributed by atoms with Gasteiger partial charge in [-0.2, -0.15) is 0 Å². The van der Waals surface area contributed by atoms with Gasteiger partial charge in [0.25, 0.3) is 5.91 Å². The van der Waals surface area contributed by atoms with E-state index in [0.29, 0.717) is 37.5 Å². The molecule has 1 saturated heterocycles. The fourth-order valence-corrected chi connectivity index (χ4v) is 2.66. The summed E-state index contributed by atoms with van der Waals surface area (Å²) in [7, 11) is 0. The summed E-state index contributed by atoms with van der Waals surface area (Å²) in [5, 5.41) is 0. The molecule has 0 radical (unpaired) electrons. The monoisotopic (exact) mass is 343 g/mol. The summed E-state index contributed by atoms with van der Waals surface area (Å²) in [5.41, 5.74) is 6.40. The van der Waals surface area contributed by atoms with E-state index in [1.807, 2.05) is 20.8 Å². The molecule has 1 aromatic rings. The molecule has 0 bridgehead atoms. The molecule has 7 heteroatoms. The van der Waals surface area contributed by atoms with Crippen LogP contribution < -0.4 is 5.73 Å². The lowest BCUT2D eigenvalue weighted by Gasteiger charge is -2.36. The molecule has 23 heavy (non-hydrogen) atoms. The Morgan fingerprint density at radius 3 is 2.09 bits per heavy atom. The molecular formula is C16H26ClN3O3. The molecule has 1 aliphatic rings. The number of furan rings is 1. The van der Waals surface area contributed by atoms with Gasteiger partial charge in [-0.25, -0.2) is 0 Å². The Bertz CT molecular complexity index is 563. The van der Waals surface area contributed by atoms with Gasteiger partial charge >= 0.3 is 0 Å². The van der Waals surface area contributed by atoms with E-state index in [1.54, 1.807) is 22.8 Å². The minimum absolute atomic E-state index is 0. The van der Waals surface area contributed by atoms with Crippen LogP contribution in [0.25, 0.3) is 0 Å². The van der Waals surface area contributed by atoms with Crippen LogP contribution in [0.5, 0.6) is 0 Å². The van der Waals surface area contributed by atoms with Gasteiger partial charge in [0.05, 0.1) is 11.5 Å². The topological polar surface area (TPSA) is 79.8 Å². The van der Waals surface area contributed by atoms with E-state index in [9.17, 15) is 9.59 Å². The van der Waals surface area contributed by atoms with Crippen LogP contribution in [0.4, 0.5) is 0 Å². The highest BCUT2D eigenvalue weighted by Gasteiger charge is 2.29.